The van der Waals surface area contributed by atoms with E-state index in [-0.39, 0.29) is 5.43 Å². The highest BCUT2D eigenvalue weighted by Crippen LogP contribution is 2.37. The van der Waals surface area contributed by atoms with Crippen LogP contribution in [0.5, 0.6) is 0 Å². The second kappa shape index (κ2) is 5.88. The molecule has 0 unspecified atom stereocenters. The Kier molecular flexibility index (Phi) is 3.70. The summed E-state index contributed by atoms with van der Waals surface area (Å²) in [5.41, 5.74) is 3.58. The van der Waals surface area contributed by atoms with Gasteiger partial charge in [-0.1, -0.05) is 62.4 Å². The first-order valence-electron chi connectivity index (χ1n) is 8.20. The van der Waals surface area contributed by atoms with E-state index >= 15 is 0 Å². The van der Waals surface area contributed by atoms with Crippen molar-refractivity contribution in [3.8, 4) is 11.1 Å². The fourth-order valence-electron chi connectivity index (χ4n) is 3.30. The molecule has 0 fully saturated rings. The van der Waals surface area contributed by atoms with Gasteiger partial charge in [-0.05, 0) is 40.8 Å². The molecule has 4 rings (SSSR count). The first-order valence-corrected chi connectivity index (χ1v) is 9.02. The Morgan fingerprint density at radius 2 is 1.50 bits per heavy atom. The van der Waals surface area contributed by atoms with Gasteiger partial charge in [0, 0.05) is 20.2 Å². The van der Waals surface area contributed by atoms with E-state index < -0.39 is 0 Å². The van der Waals surface area contributed by atoms with Crippen molar-refractivity contribution in [1.82, 2.24) is 0 Å². The lowest BCUT2D eigenvalue weighted by Crippen LogP contribution is -2.05. The Morgan fingerprint density at radius 3 is 2.25 bits per heavy atom. The van der Waals surface area contributed by atoms with Crippen LogP contribution in [0.2, 0.25) is 0 Å². The first-order chi connectivity index (χ1) is 11.7. The van der Waals surface area contributed by atoms with Crippen LogP contribution < -0.4 is 5.43 Å². The van der Waals surface area contributed by atoms with Gasteiger partial charge in [-0.3, -0.25) is 4.79 Å². The molecular weight excluding hydrogens is 312 g/mol. The van der Waals surface area contributed by atoms with Crippen LogP contribution in [0.4, 0.5) is 0 Å². The van der Waals surface area contributed by atoms with Crippen LogP contribution in [-0.2, 0) is 0 Å². The number of fused-ring (bicyclic) bond motifs is 2. The van der Waals surface area contributed by atoms with E-state index in [0.29, 0.717) is 5.92 Å². The fourth-order valence-corrected chi connectivity index (χ4v) is 4.39. The second-order valence-electron chi connectivity index (χ2n) is 6.35. The van der Waals surface area contributed by atoms with Crippen LogP contribution >= 0.6 is 11.3 Å². The van der Waals surface area contributed by atoms with Crippen LogP contribution in [0, 0.1) is 0 Å². The minimum atomic E-state index is 0.140. The second-order valence-corrected chi connectivity index (χ2v) is 7.43. The summed E-state index contributed by atoms with van der Waals surface area (Å²) in [7, 11) is 0. The quantitative estimate of drug-likeness (QED) is 0.400. The number of hydrogen-bond donors (Lipinski definition) is 0. The van der Waals surface area contributed by atoms with Gasteiger partial charge in [-0.2, -0.15) is 0 Å². The van der Waals surface area contributed by atoms with Crippen molar-refractivity contribution < 1.29 is 0 Å². The van der Waals surface area contributed by atoms with Crippen molar-refractivity contribution in [3.05, 3.63) is 82.5 Å². The van der Waals surface area contributed by atoms with Gasteiger partial charge in [0.2, 0.25) is 0 Å². The molecule has 1 heterocycles. The molecule has 24 heavy (non-hydrogen) atoms. The number of rotatable bonds is 2. The average Bonchev–Trinajstić information content (AvgIpc) is 2.61. The summed E-state index contributed by atoms with van der Waals surface area (Å²) in [6.45, 7) is 4.37. The van der Waals surface area contributed by atoms with Gasteiger partial charge in [0.15, 0.2) is 5.43 Å². The molecule has 0 aliphatic rings. The third-order valence-corrected chi connectivity index (χ3v) is 5.60. The third-order valence-electron chi connectivity index (χ3n) is 4.46. The van der Waals surface area contributed by atoms with Crippen LogP contribution in [0.3, 0.4) is 0 Å². The van der Waals surface area contributed by atoms with Crippen LogP contribution in [0.25, 0.3) is 31.3 Å². The number of hydrogen-bond acceptors (Lipinski definition) is 2. The van der Waals surface area contributed by atoms with Crippen molar-refractivity contribution in [2.75, 3.05) is 0 Å². The summed E-state index contributed by atoms with van der Waals surface area (Å²) in [4.78, 5) is 13.3. The zero-order chi connectivity index (χ0) is 16.7. The highest BCUT2D eigenvalue weighted by atomic mass is 32.1. The van der Waals surface area contributed by atoms with Crippen molar-refractivity contribution in [2.24, 2.45) is 0 Å². The lowest BCUT2D eigenvalue weighted by Gasteiger charge is -2.16. The maximum Gasteiger partial charge on any atom is 0.196 e. The summed E-state index contributed by atoms with van der Waals surface area (Å²) >= 11 is 1.69. The van der Waals surface area contributed by atoms with Crippen molar-refractivity contribution in [3.63, 3.8) is 0 Å². The minimum Gasteiger partial charge on any atom is -0.288 e. The molecule has 2 heteroatoms. The fraction of sp³-hybridized carbons (Fsp3) is 0.136. The summed E-state index contributed by atoms with van der Waals surface area (Å²) < 4.78 is 2.10. The highest BCUT2D eigenvalue weighted by molar-refractivity contribution is 7.24. The molecule has 1 nitrogen and oxygen atoms in total. The molecule has 1 aromatic heterocycles. The topological polar surface area (TPSA) is 17.1 Å². The van der Waals surface area contributed by atoms with E-state index in [4.69, 9.17) is 0 Å². The molecule has 3 aromatic carbocycles. The van der Waals surface area contributed by atoms with Crippen LogP contribution in [-0.4, -0.2) is 0 Å². The Morgan fingerprint density at radius 1 is 0.792 bits per heavy atom. The van der Waals surface area contributed by atoms with Crippen molar-refractivity contribution >= 4 is 31.5 Å². The SMILES string of the molecule is CC(C)c1ccc2sc3ccccc3c(=O)c2c1-c1ccccc1. The average molecular weight is 330 g/mol. The molecule has 0 aliphatic heterocycles. The Labute approximate surface area is 145 Å². The predicted octanol–water partition coefficient (Wildman–Crippen LogP) is 6.21. The molecule has 118 valence electrons. The molecule has 0 N–H and O–H groups in total. The van der Waals surface area contributed by atoms with Gasteiger partial charge < -0.3 is 0 Å². The van der Waals surface area contributed by atoms with Gasteiger partial charge in [-0.25, -0.2) is 0 Å². The largest absolute Gasteiger partial charge is 0.288 e. The molecule has 0 aliphatic carbocycles. The third kappa shape index (κ3) is 2.35. The lowest BCUT2D eigenvalue weighted by molar-refractivity contribution is 0.871. The van der Waals surface area contributed by atoms with E-state index in [1.807, 2.05) is 42.5 Å². The Balaban J connectivity index is 2.23. The van der Waals surface area contributed by atoms with Gasteiger partial charge >= 0.3 is 0 Å². The van der Waals surface area contributed by atoms with E-state index in [2.05, 4.69) is 38.1 Å². The Bertz CT molecular complexity index is 1090. The molecule has 4 aromatic rings. The predicted molar refractivity (Wildman–Crippen MR) is 105 cm³/mol. The van der Waals surface area contributed by atoms with Crippen molar-refractivity contribution in [2.45, 2.75) is 19.8 Å². The lowest BCUT2D eigenvalue weighted by atomic mass is 9.90. The van der Waals surface area contributed by atoms with Gasteiger partial charge in [0.1, 0.15) is 0 Å². The molecular formula is C22H18OS. The summed E-state index contributed by atoms with van der Waals surface area (Å²) in [5, 5.41) is 1.67. The van der Waals surface area contributed by atoms with E-state index in [1.54, 1.807) is 11.3 Å². The van der Waals surface area contributed by atoms with Gasteiger partial charge in [0.05, 0.1) is 0 Å². The standard InChI is InChI=1S/C22H18OS/c1-14(2)16-12-13-19-21(20(16)15-8-4-3-5-9-15)22(23)17-10-6-7-11-18(17)24-19/h3-14H,1-2H3. The summed E-state index contributed by atoms with van der Waals surface area (Å²) in [5.74, 6) is 0.362. The van der Waals surface area contributed by atoms with Crippen LogP contribution in [0.15, 0.2) is 71.5 Å². The van der Waals surface area contributed by atoms with E-state index in [0.717, 1.165) is 31.3 Å². The molecule has 0 amide bonds. The highest BCUT2D eigenvalue weighted by Gasteiger charge is 2.16. The maximum atomic E-state index is 13.3. The first kappa shape index (κ1) is 15.1. The van der Waals surface area contributed by atoms with E-state index in [9.17, 15) is 4.79 Å². The molecule has 0 atom stereocenters. The number of benzene rings is 3. The summed E-state index contributed by atoms with van der Waals surface area (Å²) in [6, 6.07) is 22.5. The monoisotopic (exact) mass is 330 g/mol. The molecule has 0 saturated carbocycles. The molecule has 0 spiro atoms. The van der Waals surface area contributed by atoms with Gasteiger partial charge in [0.25, 0.3) is 0 Å². The zero-order valence-electron chi connectivity index (χ0n) is 13.7. The van der Waals surface area contributed by atoms with E-state index in [1.165, 1.54) is 5.56 Å². The minimum absolute atomic E-state index is 0.140. The zero-order valence-corrected chi connectivity index (χ0v) is 14.6. The van der Waals surface area contributed by atoms with Gasteiger partial charge in [-0.15, -0.1) is 11.3 Å². The molecule has 0 radical (unpaired) electrons. The normalized spacial score (nSPS) is 11.5. The molecule has 0 bridgehead atoms. The maximum absolute atomic E-state index is 13.3. The van der Waals surface area contributed by atoms with Crippen LogP contribution in [0.1, 0.15) is 25.3 Å². The molecule has 0 saturated heterocycles. The smallest absolute Gasteiger partial charge is 0.196 e. The Hall–Kier alpha value is -2.45. The van der Waals surface area contributed by atoms with Crippen molar-refractivity contribution in [1.29, 1.82) is 0 Å². The summed E-state index contributed by atoms with van der Waals surface area (Å²) in [6.07, 6.45) is 0.